The van der Waals surface area contributed by atoms with Crippen molar-refractivity contribution in [2.75, 3.05) is 0 Å². The Kier molecular flexibility index (Phi) is 5.35. The predicted molar refractivity (Wildman–Crippen MR) is 91.4 cm³/mol. The van der Waals surface area contributed by atoms with E-state index in [1.807, 2.05) is 12.1 Å². The van der Waals surface area contributed by atoms with Gasteiger partial charge in [-0.25, -0.2) is 4.79 Å². The largest absolute Gasteiger partial charge is 0.478 e. The zero-order chi connectivity index (χ0) is 15.4. The van der Waals surface area contributed by atoms with Gasteiger partial charge in [-0.1, -0.05) is 28.1 Å². The van der Waals surface area contributed by atoms with Crippen molar-refractivity contribution < 1.29 is 14.7 Å². The molecule has 2 rings (SSSR count). The molecular formula is C15H11BrINO3. The molecule has 0 atom stereocenters. The standard InChI is InChI=1S/C15H11BrINO3/c16-11-5-6-13(17)12(7-11)14(19)18-8-9-1-3-10(4-2-9)15(20)21/h1-7H,8H2,(H,18,19)(H,20,21). The highest BCUT2D eigenvalue weighted by Gasteiger charge is 2.10. The first-order chi connectivity index (χ1) is 9.97. The molecule has 0 fully saturated rings. The molecule has 1 amide bonds. The van der Waals surface area contributed by atoms with Crippen LogP contribution in [0.25, 0.3) is 0 Å². The summed E-state index contributed by atoms with van der Waals surface area (Å²) >= 11 is 5.45. The van der Waals surface area contributed by atoms with Gasteiger partial charge in [-0.2, -0.15) is 0 Å². The maximum Gasteiger partial charge on any atom is 0.335 e. The van der Waals surface area contributed by atoms with Crippen LogP contribution in [0.15, 0.2) is 46.9 Å². The van der Waals surface area contributed by atoms with Crippen LogP contribution in [-0.4, -0.2) is 17.0 Å². The van der Waals surface area contributed by atoms with Crippen LogP contribution in [0.2, 0.25) is 0 Å². The molecule has 0 aromatic heterocycles. The highest BCUT2D eigenvalue weighted by atomic mass is 127. The Morgan fingerprint density at radius 3 is 2.43 bits per heavy atom. The molecule has 0 aliphatic heterocycles. The lowest BCUT2D eigenvalue weighted by atomic mass is 10.1. The Balaban J connectivity index is 2.04. The summed E-state index contributed by atoms with van der Waals surface area (Å²) in [5, 5.41) is 11.6. The maximum atomic E-state index is 12.1. The van der Waals surface area contributed by atoms with E-state index in [9.17, 15) is 9.59 Å². The summed E-state index contributed by atoms with van der Waals surface area (Å²) in [5.41, 5.74) is 1.68. The van der Waals surface area contributed by atoms with Gasteiger partial charge < -0.3 is 10.4 Å². The molecule has 0 saturated carbocycles. The van der Waals surface area contributed by atoms with Crippen molar-refractivity contribution in [3.8, 4) is 0 Å². The van der Waals surface area contributed by atoms with Gasteiger partial charge in [-0.3, -0.25) is 4.79 Å². The van der Waals surface area contributed by atoms with Gasteiger partial charge in [0.2, 0.25) is 0 Å². The van der Waals surface area contributed by atoms with Crippen LogP contribution in [0.1, 0.15) is 26.3 Å². The first kappa shape index (κ1) is 16.0. The molecule has 0 saturated heterocycles. The van der Waals surface area contributed by atoms with Crippen molar-refractivity contribution in [2.45, 2.75) is 6.54 Å². The third-order valence-corrected chi connectivity index (χ3v) is 4.26. The smallest absolute Gasteiger partial charge is 0.335 e. The number of amides is 1. The first-order valence-electron chi connectivity index (χ1n) is 6.03. The van der Waals surface area contributed by atoms with Crippen molar-refractivity contribution >= 4 is 50.4 Å². The second kappa shape index (κ2) is 7.04. The minimum Gasteiger partial charge on any atom is -0.478 e. The lowest BCUT2D eigenvalue weighted by Crippen LogP contribution is -2.23. The molecule has 0 aliphatic rings. The van der Waals surface area contributed by atoms with Crippen molar-refractivity contribution in [3.05, 3.63) is 67.2 Å². The van der Waals surface area contributed by atoms with Crippen molar-refractivity contribution in [1.29, 1.82) is 0 Å². The molecule has 2 N–H and O–H groups in total. The average molecular weight is 460 g/mol. The van der Waals surface area contributed by atoms with E-state index < -0.39 is 5.97 Å². The second-order valence-electron chi connectivity index (χ2n) is 4.31. The molecule has 0 bridgehead atoms. The Labute approximate surface area is 143 Å². The maximum absolute atomic E-state index is 12.1. The third kappa shape index (κ3) is 4.28. The summed E-state index contributed by atoms with van der Waals surface area (Å²) in [7, 11) is 0. The summed E-state index contributed by atoms with van der Waals surface area (Å²) < 4.78 is 1.72. The van der Waals surface area contributed by atoms with Crippen molar-refractivity contribution in [3.63, 3.8) is 0 Å². The van der Waals surface area contributed by atoms with E-state index in [1.54, 1.807) is 18.2 Å². The second-order valence-corrected chi connectivity index (χ2v) is 6.39. The van der Waals surface area contributed by atoms with E-state index in [2.05, 4.69) is 43.8 Å². The number of carboxylic acids is 1. The molecule has 0 heterocycles. The molecule has 2 aromatic carbocycles. The molecular weight excluding hydrogens is 449 g/mol. The summed E-state index contributed by atoms with van der Waals surface area (Å²) in [6, 6.07) is 11.9. The number of carbonyl (C=O) groups is 2. The van der Waals surface area contributed by atoms with E-state index in [4.69, 9.17) is 5.11 Å². The zero-order valence-corrected chi connectivity index (χ0v) is 14.5. The molecule has 6 heteroatoms. The fourth-order valence-corrected chi connectivity index (χ4v) is 2.66. The molecule has 0 unspecified atom stereocenters. The molecule has 0 radical (unpaired) electrons. The molecule has 0 aliphatic carbocycles. The number of benzene rings is 2. The number of hydrogen-bond donors (Lipinski definition) is 2. The number of carboxylic acid groups (broad SMARTS) is 1. The van der Waals surface area contributed by atoms with Crippen LogP contribution >= 0.6 is 38.5 Å². The van der Waals surface area contributed by atoms with Gasteiger partial charge in [0.1, 0.15) is 0 Å². The minimum atomic E-state index is -0.964. The Morgan fingerprint density at radius 1 is 1.14 bits per heavy atom. The summed E-state index contributed by atoms with van der Waals surface area (Å²) in [5.74, 6) is -1.13. The van der Waals surface area contributed by atoms with Crippen LogP contribution in [-0.2, 0) is 6.54 Å². The minimum absolute atomic E-state index is 0.164. The fourth-order valence-electron chi connectivity index (χ4n) is 1.71. The van der Waals surface area contributed by atoms with Gasteiger partial charge in [0.05, 0.1) is 11.1 Å². The molecule has 0 spiro atoms. The lowest BCUT2D eigenvalue weighted by Gasteiger charge is -2.08. The van der Waals surface area contributed by atoms with Crippen LogP contribution < -0.4 is 5.32 Å². The molecule has 108 valence electrons. The Hall–Kier alpha value is -1.41. The third-order valence-electron chi connectivity index (χ3n) is 2.83. The van der Waals surface area contributed by atoms with Gasteiger partial charge >= 0.3 is 5.97 Å². The number of nitrogens with one attached hydrogen (secondary N) is 1. The number of aromatic carboxylic acids is 1. The monoisotopic (exact) mass is 459 g/mol. The highest BCUT2D eigenvalue weighted by Crippen LogP contribution is 2.18. The topological polar surface area (TPSA) is 66.4 Å². The molecule has 2 aromatic rings. The van der Waals surface area contributed by atoms with E-state index in [-0.39, 0.29) is 11.5 Å². The Bertz CT molecular complexity index is 686. The van der Waals surface area contributed by atoms with E-state index >= 15 is 0 Å². The summed E-state index contributed by atoms with van der Waals surface area (Å²) in [6.45, 7) is 0.349. The lowest BCUT2D eigenvalue weighted by molar-refractivity contribution is 0.0696. The number of rotatable bonds is 4. The van der Waals surface area contributed by atoms with Crippen molar-refractivity contribution in [2.24, 2.45) is 0 Å². The van der Waals surface area contributed by atoms with Crippen LogP contribution in [0, 0.1) is 3.57 Å². The van der Waals surface area contributed by atoms with E-state index in [0.717, 1.165) is 13.6 Å². The SMILES string of the molecule is O=C(O)c1ccc(CNC(=O)c2cc(Br)ccc2I)cc1. The van der Waals surface area contributed by atoms with Gasteiger partial charge in [0, 0.05) is 14.6 Å². The first-order valence-corrected chi connectivity index (χ1v) is 7.90. The normalized spacial score (nSPS) is 10.2. The number of halogens is 2. The van der Waals surface area contributed by atoms with Gasteiger partial charge in [0.15, 0.2) is 0 Å². The van der Waals surface area contributed by atoms with Gasteiger partial charge in [-0.15, -0.1) is 0 Å². The molecule has 4 nitrogen and oxygen atoms in total. The van der Waals surface area contributed by atoms with Gasteiger partial charge in [-0.05, 0) is 58.5 Å². The van der Waals surface area contributed by atoms with Crippen LogP contribution in [0.5, 0.6) is 0 Å². The van der Waals surface area contributed by atoms with Crippen LogP contribution in [0.4, 0.5) is 0 Å². The predicted octanol–water partition coefficient (Wildman–Crippen LogP) is 3.68. The zero-order valence-electron chi connectivity index (χ0n) is 10.8. The molecule has 21 heavy (non-hydrogen) atoms. The van der Waals surface area contributed by atoms with Crippen LogP contribution in [0.3, 0.4) is 0 Å². The van der Waals surface area contributed by atoms with E-state index in [0.29, 0.717) is 12.1 Å². The fraction of sp³-hybridized carbons (Fsp3) is 0.0667. The summed E-state index contributed by atoms with van der Waals surface area (Å²) in [6.07, 6.45) is 0. The van der Waals surface area contributed by atoms with E-state index in [1.165, 1.54) is 12.1 Å². The van der Waals surface area contributed by atoms with Gasteiger partial charge in [0.25, 0.3) is 5.91 Å². The summed E-state index contributed by atoms with van der Waals surface area (Å²) in [4.78, 5) is 22.9. The average Bonchev–Trinajstić information content (AvgIpc) is 2.47. The number of hydrogen-bond acceptors (Lipinski definition) is 2. The Morgan fingerprint density at radius 2 is 1.81 bits per heavy atom. The number of carbonyl (C=O) groups excluding carboxylic acids is 1. The highest BCUT2D eigenvalue weighted by molar-refractivity contribution is 14.1. The quantitative estimate of drug-likeness (QED) is 0.685. The van der Waals surface area contributed by atoms with Crippen molar-refractivity contribution in [1.82, 2.24) is 5.32 Å².